The number of fused-ring (bicyclic) bond motifs is 1. The van der Waals surface area contributed by atoms with Gasteiger partial charge in [-0.2, -0.15) is 13.2 Å². The number of nitrogens with zero attached hydrogens (tertiary/aromatic N) is 1. The first kappa shape index (κ1) is 11.8. The van der Waals surface area contributed by atoms with Gasteiger partial charge in [-0.05, 0) is 35.7 Å². The van der Waals surface area contributed by atoms with Crippen LogP contribution in [0.2, 0.25) is 0 Å². The number of para-hydroxylation sites is 1. The second-order valence-corrected chi connectivity index (χ2v) is 4.29. The van der Waals surface area contributed by atoms with Crippen LogP contribution in [0.25, 0.3) is 16.6 Å². The normalized spacial score (nSPS) is 11.9. The van der Waals surface area contributed by atoms with Crippen molar-refractivity contribution in [2.75, 3.05) is 0 Å². The van der Waals surface area contributed by atoms with Gasteiger partial charge >= 0.3 is 6.18 Å². The van der Waals surface area contributed by atoms with Crippen LogP contribution in [0.3, 0.4) is 0 Å². The van der Waals surface area contributed by atoms with Crippen LogP contribution in [-0.2, 0) is 6.18 Å². The average molecular weight is 261 g/mol. The standard InChI is InChI=1S/C15H10F3N/c16-15(17,18)12-5-3-6-13(10-12)19-9-8-11-4-1-2-7-14(11)19/h1-10H. The highest BCUT2D eigenvalue weighted by Gasteiger charge is 2.30. The summed E-state index contributed by atoms with van der Waals surface area (Å²) in [5.41, 5.74) is 0.764. The SMILES string of the molecule is FC(F)(F)c1cccc(-n2ccc3ccccc32)c1. The van der Waals surface area contributed by atoms with Crippen molar-refractivity contribution >= 4 is 10.9 Å². The second-order valence-electron chi connectivity index (χ2n) is 4.29. The molecule has 1 aromatic heterocycles. The molecular formula is C15H10F3N. The van der Waals surface area contributed by atoms with Crippen molar-refractivity contribution in [2.45, 2.75) is 6.18 Å². The minimum atomic E-state index is -4.32. The maximum Gasteiger partial charge on any atom is 0.416 e. The molecule has 0 aliphatic carbocycles. The molecule has 0 bridgehead atoms. The largest absolute Gasteiger partial charge is 0.416 e. The van der Waals surface area contributed by atoms with Crippen molar-refractivity contribution in [2.24, 2.45) is 0 Å². The lowest BCUT2D eigenvalue weighted by atomic mass is 10.2. The van der Waals surface area contributed by atoms with Gasteiger partial charge in [0.1, 0.15) is 0 Å². The molecule has 0 fully saturated rings. The molecule has 0 N–H and O–H groups in total. The van der Waals surface area contributed by atoms with E-state index in [4.69, 9.17) is 0 Å². The van der Waals surface area contributed by atoms with E-state index >= 15 is 0 Å². The fourth-order valence-corrected chi connectivity index (χ4v) is 2.14. The topological polar surface area (TPSA) is 4.93 Å². The number of aromatic nitrogens is 1. The minimum absolute atomic E-state index is 0.510. The summed E-state index contributed by atoms with van der Waals surface area (Å²) in [7, 11) is 0. The summed E-state index contributed by atoms with van der Waals surface area (Å²) in [6.45, 7) is 0. The van der Waals surface area contributed by atoms with Crippen LogP contribution in [-0.4, -0.2) is 4.57 Å². The molecule has 0 aliphatic heterocycles. The molecule has 0 aliphatic rings. The lowest BCUT2D eigenvalue weighted by Gasteiger charge is -2.10. The van der Waals surface area contributed by atoms with Crippen molar-refractivity contribution in [3.8, 4) is 5.69 Å². The van der Waals surface area contributed by atoms with E-state index < -0.39 is 11.7 Å². The number of benzene rings is 2. The minimum Gasteiger partial charge on any atom is -0.317 e. The van der Waals surface area contributed by atoms with Crippen molar-refractivity contribution in [1.29, 1.82) is 0 Å². The summed E-state index contributed by atoms with van der Waals surface area (Å²) < 4.78 is 39.9. The van der Waals surface area contributed by atoms with Crippen LogP contribution in [0, 0.1) is 0 Å². The summed E-state index contributed by atoms with van der Waals surface area (Å²) in [6.07, 6.45) is -2.54. The van der Waals surface area contributed by atoms with Crippen LogP contribution in [0.15, 0.2) is 60.8 Å². The molecule has 3 aromatic rings. The van der Waals surface area contributed by atoms with Crippen molar-refractivity contribution in [3.05, 3.63) is 66.4 Å². The molecule has 3 rings (SSSR count). The van der Waals surface area contributed by atoms with Crippen molar-refractivity contribution in [1.82, 2.24) is 4.57 Å². The number of hydrogen-bond acceptors (Lipinski definition) is 0. The van der Waals surface area contributed by atoms with Gasteiger partial charge in [0.2, 0.25) is 0 Å². The zero-order valence-corrected chi connectivity index (χ0v) is 9.85. The zero-order valence-electron chi connectivity index (χ0n) is 9.85. The molecule has 2 aromatic carbocycles. The summed E-state index contributed by atoms with van der Waals surface area (Å²) in [5, 5.41) is 1.000. The number of alkyl halides is 3. The van der Waals surface area contributed by atoms with Crippen LogP contribution in [0.1, 0.15) is 5.56 Å². The summed E-state index contributed by atoms with van der Waals surface area (Å²) in [6, 6.07) is 14.8. The number of hydrogen-bond donors (Lipinski definition) is 0. The first-order valence-electron chi connectivity index (χ1n) is 5.79. The van der Waals surface area contributed by atoms with E-state index in [1.54, 1.807) is 16.8 Å². The highest BCUT2D eigenvalue weighted by atomic mass is 19.4. The second kappa shape index (κ2) is 4.16. The highest BCUT2D eigenvalue weighted by Crippen LogP contribution is 2.31. The fourth-order valence-electron chi connectivity index (χ4n) is 2.14. The van der Waals surface area contributed by atoms with Gasteiger partial charge in [-0.3, -0.25) is 0 Å². The Balaban J connectivity index is 2.17. The van der Waals surface area contributed by atoms with Gasteiger partial charge in [0, 0.05) is 11.9 Å². The van der Waals surface area contributed by atoms with Crippen LogP contribution < -0.4 is 0 Å². The Morgan fingerprint density at radius 3 is 2.42 bits per heavy atom. The van der Waals surface area contributed by atoms with Gasteiger partial charge in [0.05, 0.1) is 11.1 Å². The van der Waals surface area contributed by atoms with E-state index in [2.05, 4.69) is 0 Å². The smallest absolute Gasteiger partial charge is 0.317 e. The van der Waals surface area contributed by atoms with E-state index in [-0.39, 0.29) is 0 Å². The molecule has 4 heteroatoms. The molecule has 0 unspecified atom stereocenters. The van der Waals surface area contributed by atoms with Gasteiger partial charge in [-0.1, -0.05) is 24.3 Å². The summed E-state index contributed by atoms with van der Waals surface area (Å²) in [5.74, 6) is 0. The van der Waals surface area contributed by atoms with Gasteiger partial charge in [-0.25, -0.2) is 0 Å². The first-order valence-corrected chi connectivity index (χ1v) is 5.79. The maximum absolute atomic E-state index is 12.7. The molecule has 0 saturated heterocycles. The predicted molar refractivity (Wildman–Crippen MR) is 68.3 cm³/mol. The molecular weight excluding hydrogens is 251 g/mol. The Bertz CT molecular complexity index is 725. The van der Waals surface area contributed by atoms with E-state index in [1.165, 1.54) is 6.07 Å². The van der Waals surface area contributed by atoms with Crippen LogP contribution >= 0.6 is 0 Å². The quantitative estimate of drug-likeness (QED) is 0.601. The molecule has 1 heterocycles. The van der Waals surface area contributed by atoms with Gasteiger partial charge < -0.3 is 4.57 Å². The Hall–Kier alpha value is -2.23. The summed E-state index contributed by atoms with van der Waals surface area (Å²) in [4.78, 5) is 0. The molecule has 0 atom stereocenters. The molecule has 0 radical (unpaired) electrons. The lowest BCUT2D eigenvalue weighted by molar-refractivity contribution is -0.137. The van der Waals surface area contributed by atoms with Gasteiger partial charge in [0.15, 0.2) is 0 Å². The number of halogens is 3. The zero-order chi connectivity index (χ0) is 13.5. The molecule has 0 spiro atoms. The molecule has 0 saturated carbocycles. The Morgan fingerprint density at radius 1 is 0.842 bits per heavy atom. The molecule has 96 valence electrons. The first-order chi connectivity index (χ1) is 9.05. The number of rotatable bonds is 1. The monoisotopic (exact) mass is 261 g/mol. The van der Waals surface area contributed by atoms with Crippen LogP contribution in [0.5, 0.6) is 0 Å². The molecule has 0 amide bonds. The Labute approximate surface area is 107 Å². The lowest BCUT2D eigenvalue weighted by Crippen LogP contribution is -2.05. The van der Waals surface area contributed by atoms with E-state index in [9.17, 15) is 13.2 Å². The molecule has 1 nitrogen and oxygen atoms in total. The predicted octanol–water partition coefficient (Wildman–Crippen LogP) is 4.65. The highest BCUT2D eigenvalue weighted by molar-refractivity contribution is 5.81. The van der Waals surface area contributed by atoms with Crippen LogP contribution in [0.4, 0.5) is 13.2 Å². The third-order valence-electron chi connectivity index (χ3n) is 3.05. The van der Waals surface area contributed by atoms with Gasteiger partial charge in [0.25, 0.3) is 0 Å². The molecule has 19 heavy (non-hydrogen) atoms. The maximum atomic E-state index is 12.7. The van der Waals surface area contributed by atoms with E-state index in [0.717, 1.165) is 23.0 Å². The Morgan fingerprint density at radius 2 is 1.63 bits per heavy atom. The average Bonchev–Trinajstić information content (AvgIpc) is 2.82. The van der Waals surface area contributed by atoms with Crippen molar-refractivity contribution < 1.29 is 13.2 Å². The van der Waals surface area contributed by atoms with Crippen molar-refractivity contribution in [3.63, 3.8) is 0 Å². The van der Waals surface area contributed by atoms with E-state index in [1.807, 2.05) is 30.3 Å². The Kier molecular flexibility index (Phi) is 2.59. The third-order valence-corrected chi connectivity index (χ3v) is 3.05. The van der Waals surface area contributed by atoms with E-state index in [0.29, 0.717) is 5.69 Å². The fraction of sp³-hybridized carbons (Fsp3) is 0.0667. The summed E-state index contributed by atoms with van der Waals surface area (Å²) >= 11 is 0. The third kappa shape index (κ3) is 2.10. The van der Waals surface area contributed by atoms with Gasteiger partial charge in [-0.15, -0.1) is 0 Å².